The van der Waals surface area contributed by atoms with Crippen LogP contribution in [0.25, 0.3) is 0 Å². The standard InChI is InChI=1S/C25H32N2O3S/c1-17(2)23(27-24(28)20-9-7-18(3)8-10-20)25(29)26-21-6-4-5-19(15-21)16-31-22-11-13-30-14-12-22/h4-10,15,17,22-23H,11-14,16H2,1-3H3,(H,26,29)(H,27,28). The zero-order valence-corrected chi connectivity index (χ0v) is 19.3. The normalized spacial score (nSPS) is 15.5. The number of thioether (sulfide) groups is 1. The zero-order chi connectivity index (χ0) is 22.2. The molecule has 0 aromatic heterocycles. The Balaban J connectivity index is 1.59. The van der Waals surface area contributed by atoms with Crippen molar-refractivity contribution in [3.8, 4) is 0 Å². The third-order valence-electron chi connectivity index (χ3n) is 5.40. The fourth-order valence-electron chi connectivity index (χ4n) is 3.48. The van der Waals surface area contributed by atoms with Gasteiger partial charge < -0.3 is 15.4 Å². The van der Waals surface area contributed by atoms with Crippen molar-refractivity contribution in [2.75, 3.05) is 18.5 Å². The van der Waals surface area contributed by atoms with Gasteiger partial charge in [-0.1, -0.05) is 43.7 Å². The maximum Gasteiger partial charge on any atom is 0.251 e. The molecular weight excluding hydrogens is 408 g/mol. The molecule has 0 bridgehead atoms. The molecule has 6 heteroatoms. The SMILES string of the molecule is Cc1ccc(C(=O)NC(C(=O)Nc2cccc(CSC3CCOCC3)c2)C(C)C)cc1. The second kappa shape index (κ2) is 11.3. The smallest absolute Gasteiger partial charge is 0.251 e. The zero-order valence-electron chi connectivity index (χ0n) is 18.5. The first-order chi connectivity index (χ1) is 14.9. The van der Waals surface area contributed by atoms with Gasteiger partial charge in [0.15, 0.2) is 0 Å². The number of ether oxygens (including phenoxy) is 1. The molecule has 1 aliphatic heterocycles. The van der Waals surface area contributed by atoms with Crippen LogP contribution >= 0.6 is 11.8 Å². The van der Waals surface area contributed by atoms with Gasteiger partial charge in [0.1, 0.15) is 6.04 Å². The minimum absolute atomic E-state index is 0.0401. The summed E-state index contributed by atoms with van der Waals surface area (Å²) in [4.78, 5) is 25.6. The predicted octanol–water partition coefficient (Wildman–Crippen LogP) is 4.80. The first kappa shape index (κ1) is 23.4. The number of anilines is 1. The number of benzene rings is 2. The van der Waals surface area contributed by atoms with E-state index in [1.807, 2.05) is 62.9 Å². The van der Waals surface area contributed by atoms with Gasteiger partial charge in [-0.15, -0.1) is 0 Å². The largest absolute Gasteiger partial charge is 0.381 e. The summed E-state index contributed by atoms with van der Waals surface area (Å²) in [6, 6.07) is 14.7. The summed E-state index contributed by atoms with van der Waals surface area (Å²) in [5.74, 6) is 0.424. The highest BCUT2D eigenvalue weighted by Crippen LogP contribution is 2.26. The summed E-state index contributed by atoms with van der Waals surface area (Å²) in [5, 5.41) is 6.51. The van der Waals surface area contributed by atoms with Crippen molar-refractivity contribution in [2.45, 2.75) is 50.7 Å². The number of hydrogen-bond donors (Lipinski definition) is 2. The van der Waals surface area contributed by atoms with Crippen LogP contribution in [-0.2, 0) is 15.3 Å². The van der Waals surface area contributed by atoms with Crippen molar-refractivity contribution in [1.29, 1.82) is 0 Å². The van der Waals surface area contributed by atoms with Gasteiger partial charge in [-0.2, -0.15) is 11.8 Å². The maximum atomic E-state index is 12.9. The van der Waals surface area contributed by atoms with E-state index in [9.17, 15) is 9.59 Å². The van der Waals surface area contributed by atoms with E-state index < -0.39 is 6.04 Å². The molecule has 2 aromatic carbocycles. The average molecular weight is 441 g/mol. The van der Waals surface area contributed by atoms with Gasteiger partial charge in [-0.3, -0.25) is 9.59 Å². The fourth-order valence-corrected chi connectivity index (χ4v) is 4.61. The molecule has 2 amide bonds. The molecule has 166 valence electrons. The number of hydrogen-bond acceptors (Lipinski definition) is 4. The van der Waals surface area contributed by atoms with Gasteiger partial charge >= 0.3 is 0 Å². The van der Waals surface area contributed by atoms with Crippen LogP contribution in [0.3, 0.4) is 0 Å². The lowest BCUT2D eigenvalue weighted by molar-refractivity contribution is -0.118. The Labute approximate surface area is 189 Å². The van der Waals surface area contributed by atoms with Crippen molar-refractivity contribution in [2.24, 2.45) is 5.92 Å². The second-order valence-corrected chi connectivity index (χ2v) is 9.66. The van der Waals surface area contributed by atoms with Crippen molar-refractivity contribution in [1.82, 2.24) is 5.32 Å². The molecule has 5 nitrogen and oxygen atoms in total. The third kappa shape index (κ3) is 7.11. The van der Waals surface area contributed by atoms with E-state index in [-0.39, 0.29) is 17.7 Å². The quantitative estimate of drug-likeness (QED) is 0.619. The highest BCUT2D eigenvalue weighted by Gasteiger charge is 2.25. The fraction of sp³-hybridized carbons (Fsp3) is 0.440. The highest BCUT2D eigenvalue weighted by molar-refractivity contribution is 7.99. The van der Waals surface area contributed by atoms with Crippen LogP contribution in [0, 0.1) is 12.8 Å². The molecule has 1 aliphatic rings. The van der Waals surface area contributed by atoms with Gasteiger partial charge in [-0.05, 0) is 55.5 Å². The molecule has 2 aromatic rings. The van der Waals surface area contributed by atoms with E-state index in [1.165, 1.54) is 5.56 Å². The first-order valence-electron chi connectivity index (χ1n) is 10.9. The van der Waals surface area contributed by atoms with Crippen molar-refractivity contribution in [3.05, 3.63) is 65.2 Å². The van der Waals surface area contributed by atoms with E-state index in [0.29, 0.717) is 10.8 Å². The van der Waals surface area contributed by atoms with E-state index in [4.69, 9.17) is 4.74 Å². The number of nitrogens with one attached hydrogen (secondary N) is 2. The molecule has 0 saturated carbocycles. The number of rotatable bonds is 8. The van der Waals surface area contributed by atoms with Gasteiger partial charge in [-0.25, -0.2) is 0 Å². The van der Waals surface area contributed by atoms with Crippen LogP contribution in [0.4, 0.5) is 5.69 Å². The van der Waals surface area contributed by atoms with Crippen molar-refractivity contribution < 1.29 is 14.3 Å². The van der Waals surface area contributed by atoms with E-state index in [1.54, 1.807) is 12.1 Å². The van der Waals surface area contributed by atoms with Crippen LogP contribution in [0.15, 0.2) is 48.5 Å². The molecule has 1 saturated heterocycles. The summed E-state index contributed by atoms with van der Waals surface area (Å²) < 4.78 is 5.43. The van der Waals surface area contributed by atoms with Crippen LogP contribution in [0.1, 0.15) is 48.2 Å². The second-order valence-electron chi connectivity index (χ2n) is 8.37. The monoisotopic (exact) mass is 440 g/mol. The van der Waals surface area contributed by atoms with Gasteiger partial charge in [0.25, 0.3) is 5.91 Å². The molecule has 0 aliphatic carbocycles. The molecule has 0 spiro atoms. The lowest BCUT2D eigenvalue weighted by atomic mass is 10.0. The van der Waals surface area contributed by atoms with Crippen LogP contribution in [-0.4, -0.2) is 36.3 Å². The highest BCUT2D eigenvalue weighted by atomic mass is 32.2. The number of carbonyl (C=O) groups excluding carboxylic acids is 2. The first-order valence-corrected chi connectivity index (χ1v) is 11.9. The summed E-state index contributed by atoms with van der Waals surface area (Å²) in [5.41, 5.74) is 3.57. The molecule has 1 atom stereocenters. The van der Waals surface area contributed by atoms with Crippen molar-refractivity contribution >= 4 is 29.3 Å². The van der Waals surface area contributed by atoms with Crippen LogP contribution in [0.5, 0.6) is 0 Å². The topological polar surface area (TPSA) is 67.4 Å². The van der Waals surface area contributed by atoms with Crippen molar-refractivity contribution in [3.63, 3.8) is 0 Å². The predicted molar refractivity (Wildman–Crippen MR) is 127 cm³/mol. The molecule has 3 rings (SSSR count). The lowest BCUT2D eigenvalue weighted by Gasteiger charge is -2.22. The Morgan fingerprint density at radius 2 is 1.81 bits per heavy atom. The molecular formula is C25H32N2O3S. The van der Waals surface area contributed by atoms with Gasteiger partial charge in [0, 0.05) is 35.5 Å². The molecule has 1 fully saturated rings. The number of aryl methyl sites for hydroxylation is 1. The summed E-state index contributed by atoms with van der Waals surface area (Å²) in [6.07, 6.45) is 2.19. The van der Waals surface area contributed by atoms with Crippen LogP contribution in [0.2, 0.25) is 0 Å². The molecule has 0 radical (unpaired) electrons. The number of amides is 2. The minimum atomic E-state index is -0.617. The Morgan fingerprint density at radius 3 is 2.48 bits per heavy atom. The maximum absolute atomic E-state index is 12.9. The van der Waals surface area contributed by atoms with E-state index >= 15 is 0 Å². The molecule has 1 heterocycles. The average Bonchev–Trinajstić information content (AvgIpc) is 2.77. The van der Waals surface area contributed by atoms with E-state index in [0.717, 1.165) is 43.1 Å². The van der Waals surface area contributed by atoms with Gasteiger partial charge in [0.05, 0.1) is 0 Å². The van der Waals surface area contributed by atoms with Crippen LogP contribution < -0.4 is 10.6 Å². The Hall–Kier alpha value is -2.31. The lowest BCUT2D eigenvalue weighted by Crippen LogP contribution is -2.47. The number of carbonyl (C=O) groups is 2. The molecule has 31 heavy (non-hydrogen) atoms. The molecule has 1 unspecified atom stereocenters. The van der Waals surface area contributed by atoms with E-state index in [2.05, 4.69) is 16.7 Å². The Kier molecular flexibility index (Phi) is 8.55. The van der Waals surface area contributed by atoms with Gasteiger partial charge in [0.2, 0.25) is 5.91 Å². The Morgan fingerprint density at radius 1 is 1.10 bits per heavy atom. The summed E-state index contributed by atoms with van der Waals surface area (Å²) in [6.45, 7) is 7.53. The third-order valence-corrected chi connectivity index (χ3v) is 6.84. The Bertz CT molecular complexity index is 877. The summed E-state index contributed by atoms with van der Waals surface area (Å²) >= 11 is 1.95. The minimum Gasteiger partial charge on any atom is -0.381 e. The molecule has 2 N–H and O–H groups in total. The summed E-state index contributed by atoms with van der Waals surface area (Å²) in [7, 11) is 0.